The highest BCUT2D eigenvalue weighted by Gasteiger charge is 2.54. The number of aromatic nitrogens is 1. The molecule has 2 aliphatic rings. The first kappa shape index (κ1) is 25.3. The van der Waals surface area contributed by atoms with Gasteiger partial charge in [-0.1, -0.05) is 140 Å². The lowest BCUT2D eigenvalue weighted by molar-refractivity contribution is -0.332. The Bertz CT molecular complexity index is 2040. The number of fused-ring (bicyclic) bond motifs is 2. The van der Waals surface area contributed by atoms with Gasteiger partial charge in [0, 0.05) is 22.9 Å². The molecule has 202 valence electrons. The summed E-state index contributed by atoms with van der Waals surface area (Å²) >= 11 is 0. The Kier molecular flexibility index (Phi) is 6.12. The molecule has 2 aliphatic heterocycles. The van der Waals surface area contributed by atoms with Crippen LogP contribution in [0, 0.1) is 0 Å². The molecule has 8 rings (SSSR count). The lowest BCUT2D eigenvalue weighted by Crippen LogP contribution is -2.41. The highest BCUT2D eigenvalue weighted by atomic mass is 19.1. The summed E-state index contributed by atoms with van der Waals surface area (Å²) in [4.78, 5) is 0. The number of rotatable bonds is 5. The maximum atomic E-state index is 17.7. The number of hydrogen-bond donors (Lipinski definition) is 0. The van der Waals surface area contributed by atoms with Gasteiger partial charge >= 0.3 is 7.26 Å². The molecule has 0 atom stereocenters. The van der Waals surface area contributed by atoms with Crippen molar-refractivity contribution in [2.75, 3.05) is 0 Å². The summed E-state index contributed by atoms with van der Waals surface area (Å²) in [5.74, 6) is 0. The topological polar surface area (TPSA) is 7.94 Å². The third-order valence-corrected chi connectivity index (χ3v) is 8.34. The Morgan fingerprint density at radius 1 is 0.512 bits per heavy atom. The fraction of sp³-hybridized carbons (Fsp3) is 0. The lowest BCUT2D eigenvalue weighted by Gasteiger charge is -2.24. The van der Waals surface area contributed by atoms with E-state index in [0.29, 0.717) is 0 Å². The molecule has 3 heterocycles. The molecular weight excluding hydrogens is 526 g/mol. The highest BCUT2D eigenvalue weighted by molar-refractivity contribution is 6.46. The smallest absolute Gasteiger partial charge is 0.285 e. The van der Waals surface area contributed by atoms with Gasteiger partial charge in [-0.05, 0) is 40.5 Å². The maximum absolute atomic E-state index is 17.7. The van der Waals surface area contributed by atoms with Gasteiger partial charge in [0.05, 0.1) is 16.8 Å². The van der Waals surface area contributed by atoms with Gasteiger partial charge in [0.2, 0.25) is 5.70 Å². The van der Waals surface area contributed by atoms with Gasteiger partial charge in [0.15, 0.2) is 5.71 Å². The maximum Gasteiger partial charge on any atom is 0.847 e. The Labute approximate surface area is 251 Å². The van der Waals surface area contributed by atoms with Gasteiger partial charge in [0.25, 0.3) is 0 Å². The Morgan fingerprint density at radius 2 is 0.977 bits per heavy atom. The van der Waals surface area contributed by atoms with Crippen LogP contribution < -0.4 is 0 Å². The van der Waals surface area contributed by atoms with Gasteiger partial charge < -0.3 is 0 Å². The Balaban J connectivity index is 1.55. The minimum absolute atomic E-state index is 0.843. The minimum Gasteiger partial charge on any atom is -0.285 e. The van der Waals surface area contributed by atoms with Crippen LogP contribution in [-0.4, -0.2) is 21.9 Å². The SMILES string of the molecule is FB1n2c(-c3ccccc3)cc(-c3ccccc3)c2C(c2ccccc2)=C2C(c3ccccc3)=CC(c3ccccc3)=[N+]12. The van der Waals surface area contributed by atoms with E-state index in [1.807, 2.05) is 87.8 Å². The van der Waals surface area contributed by atoms with Crippen LogP contribution in [0.15, 0.2) is 169 Å². The Morgan fingerprint density at radius 3 is 1.53 bits per heavy atom. The van der Waals surface area contributed by atoms with Crippen LogP contribution in [0.4, 0.5) is 4.32 Å². The van der Waals surface area contributed by atoms with Crippen LogP contribution in [0.3, 0.4) is 0 Å². The zero-order chi connectivity index (χ0) is 28.8. The summed E-state index contributed by atoms with van der Waals surface area (Å²) in [6.07, 6.45) is 2.16. The van der Waals surface area contributed by atoms with E-state index < -0.39 is 7.26 Å². The van der Waals surface area contributed by atoms with Gasteiger partial charge in [-0.25, -0.2) is 8.80 Å². The van der Waals surface area contributed by atoms with Crippen molar-refractivity contribution >= 4 is 24.1 Å². The van der Waals surface area contributed by atoms with E-state index in [2.05, 4.69) is 84.9 Å². The van der Waals surface area contributed by atoms with E-state index in [1.54, 1.807) is 0 Å². The normalized spacial score (nSPS) is 14.1. The Hall–Kier alpha value is -5.48. The average molecular weight is 553 g/mol. The van der Waals surface area contributed by atoms with Crippen molar-refractivity contribution in [1.82, 2.24) is 4.48 Å². The molecule has 0 spiro atoms. The number of hydrogen-bond acceptors (Lipinski definition) is 0. The van der Waals surface area contributed by atoms with Crippen LogP contribution in [-0.2, 0) is 0 Å². The van der Waals surface area contributed by atoms with E-state index >= 15 is 4.32 Å². The highest BCUT2D eigenvalue weighted by Crippen LogP contribution is 2.48. The van der Waals surface area contributed by atoms with Crippen molar-refractivity contribution < 1.29 is 8.80 Å². The average Bonchev–Trinajstić information content (AvgIpc) is 3.68. The van der Waals surface area contributed by atoms with Crippen molar-refractivity contribution in [2.45, 2.75) is 0 Å². The van der Waals surface area contributed by atoms with Crippen LogP contribution in [0.1, 0.15) is 22.4 Å². The summed E-state index contributed by atoms with van der Waals surface area (Å²) in [7, 11) is -1.47. The van der Waals surface area contributed by atoms with Gasteiger partial charge in [-0.3, -0.25) is 4.48 Å². The van der Waals surface area contributed by atoms with E-state index in [4.69, 9.17) is 0 Å². The fourth-order valence-corrected chi connectivity index (χ4v) is 6.45. The van der Waals surface area contributed by atoms with E-state index in [9.17, 15) is 0 Å². The molecule has 43 heavy (non-hydrogen) atoms. The number of allylic oxidation sites excluding steroid dienone is 2. The zero-order valence-corrected chi connectivity index (χ0v) is 23.4. The predicted molar refractivity (Wildman–Crippen MR) is 175 cm³/mol. The molecule has 0 amide bonds. The molecule has 0 saturated heterocycles. The van der Waals surface area contributed by atoms with Crippen molar-refractivity contribution in [1.29, 1.82) is 0 Å². The van der Waals surface area contributed by atoms with Crippen molar-refractivity contribution in [3.63, 3.8) is 0 Å². The molecule has 0 unspecified atom stereocenters. The van der Waals surface area contributed by atoms with Gasteiger partial charge in [-0.2, -0.15) is 0 Å². The van der Waals surface area contributed by atoms with Crippen LogP contribution in [0.2, 0.25) is 0 Å². The predicted octanol–water partition coefficient (Wildman–Crippen LogP) is 9.00. The summed E-state index contributed by atoms with van der Waals surface area (Å²) < 4.78 is 21.5. The standard InChI is InChI=1S/C39H27BFN2/c41-40-42-35(30-20-10-3-11-21-30)26-33(28-16-6-1-7-17-28)38(42)37(32-24-14-5-15-25-32)39-34(29-18-8-2-9-19-29)27-36(43(39)40)31-22-12-4-13-23-31/h1-27H/q+1. The second-order valence-corrected chi connectivity index (χ2v) is 10.8. The number of nitrogens with zero attached hydrogens (tertiary/aromatic N) is 2. The van der Waals surface area contributed by atoms with Gasteiger partial charge in [0.1, 0.15) is 0 Å². The first-order valence-corrected chi connectivity index (χ1v) is 14.6. The van der Waals surface area contributed by atoms with Crippen molar-refractivity contribution in [3.05, 3.63) is 192 Å². The van der Waals surface area contributed by atoms with Crippen LogP contribution >= 0.6 is 0 Å². The zero-order valence-electron chi connectivity index (χ0n) is 23.4. The molecule has 0 radical (unpaired) electrons. The lowest BCUT2D eigenvalue weighted by atomic mass is 9.84. The first-order valence-electron chi connectivity index (χ1n) is 14.6. The third-order valence-electron chi connectivity index (χ3n) is 8.34. The summed E-state index contributed by atoms with van der Waals surface area (Å²) in [5, 5.41) is 0. The summed E-state index contributed by atoms with van der Waals surface area (Å²) in [5.41, 5.74) is 11.6. The van der Waals surface area contributed by atoms with Crippen molar-refractivity contribution in [2.24, 2.45) is 0 Å². The molecule has 0 fully saturated rings. The van der Waals surface area contributed by atoms with E-state index in [1.165, 1.54) is 0 Å². The summed E-state index contributed by atoms with van der Waals surface area (Å²) in [6, 6.07) is 53.6. The molecule has 4 heteroatoms. The first-order chi connectivity index (χ1) is 21.3. The third kappa shape index (κ3) is 4.14. The summed E-state index contributed by atoms with van der Waals surface area (Å²) in [6.45, 7) is 0. The quantitative estimate of drug-likeness (QED) is 0.188. The largest absolute Gasteiger partial charge is 0.847 e. The molecule has 2 nitrogen and oxygen atoms in total. The fourth-order valence-electron chi connectivity index (χ4n) is 6.45. The number of halogens is 1. The van der Waals surface area contributed by atoms with Gasteiger partial charge in [-0.15, -0.1) is 0 Å². The second kappa shape index (κ2) is 10.4. The van der Waals surface area contributed by atoms with Crippen LogP contribution in [0.25, 0.3) is 33.5 Å². The monoisotopic (exact) mass is 553 g/mol. The number of benzene rings is 5. The molecule has 1 aromatic heterocycles. The van der Waals surface area contributed by atoms with Crippen LogP contribution in [0.5, 0.6) is 0 Å². The molecule has 0 N–H and O–H groups in total. The molecule has 0 bridgehead atoms. The second-order valence-electron chi connectivity index (χ2n) is 10.8. The van der Waals surface area contributed by atoms with Crippen molar-refractivity contribution in [3.8, 4) is 22.4 Å². The molecule has 5 aromatic carbocycles. The van der Waals surface area contributed by atoms with E-state index in [0.717, 1.165) is 67.3 Å². The molecule has 6 aromatic rings. The minimum atomic E-state index is -1.47. The molecule has 0 saturated carbocycles. The molecular formula is C39H27BFN2+. The molecule has 0 aliphatic carbocycles. The van der Waals surface area contributed by atoms with E-state index in [-0.39, 0.29) is 0 Å².